The van der Waals surface area contributed by atoms with Crippen LogP contribution in [0.15, 0.2) is 24.4 Å². The monoisotopic (exact) mass is 233 g/mol. The summed E-state index contributed by atoms with van der Waals surface area (Å²) in [5.41, 5.74) is 6.86. The smallest absolute Gasteiger partial charge is 0.227 e. The van der Waals surface area contributed by atoms with E-state index in [9.17, 15) is 4.79 Å². The molecule has 1 fully saturated rings. The van der Waals surface area contributed by atoms with Crippen LogP contribution < -0.4 is 5.73 Å². The zero-order chi connectivity index (χ0) is 12.3. The number of hydrogen-bond donors (Lipinski definition) is 1. The summed E-state index contributed by atoms with van der Waals surface area (Å²) in [6, 6.07) is 5.77. The minimum Gasteiger partial charge on any atom is -0.340 e. The van der Waals surface area contributed by atoms with Gasteiger partial charge in [0.15, 0.2) is 0 Å². The summed E-state index contributed by atoms with van der Waals surface area (Å²) in [4.78, 5) is 18.1. The maximum Gasteiger partial charge on any atom is 0.227 e. The van der Waals surface area contributed by atoms with E-state index in [-0.39, 0.29) is 17.9 Å². The van der Waals surface area contributed by atoms with Gasteiger partial charge in [-0.3, -0.25) is 9.78 Å². The second-order valence-corrected chi connectivity index (χ2v) is 4.72. The average Bonchev–Trinajstić information content (AvgIpc) is 2.76. The first-order valence-corrected chi connectivity index (χ1v) is 6.09. The second-order valence-electron chi connectivity index (χ2n) is 4.72. The van der Waals surface area contributed by atoms with Crippen LogP contribution in [0.4, 0.5) is 0 Å². The Morgan fingerprint density at radius 3 is 2.94 bits per heavy atom. The molecular weight excluding hydrogens is 214 g/mol. The first-order valence-electron chi connectivity index (χ1n) is 6.09. The molecule has 0 saturated heterocycles. The summed E-state index contributed by atoms with van der Waals surface area (Å²) in [7, 11) is 1.82. The highest BCUT2D eigenvalue weighted by Crippen LogP contribution is 2.25. The molecular formula is C13H19N3O. The molecule has 2 unspecified atom stereocenters. The van der Waals surface area contributed by atoms with Gasteiger partial charge in [-0.25, -0.2) is 0 Å². The Kier molecular flexibility index (Phi) is 3.74. The molecule has 0 radical (unpaired) electrons. The highest BCUT2D eigenvalue weighted by Gasteiger charge is 2.32. The molecule has 4 nitrogen and oxygen atoms in total. The molecule has 1 amide bonds. The number of amides is 1. The second kappa shape index (κ2) is 5.27. The predicted octanol–water partition coefficient (Wildman–Crippen LogP) is 1.17. The number of hydrogen-bond acceptors (Lipinski definition) is 3. The zero-order valence-corrected chi connectivity index (χ0v) is 10.2. The van der Waals surface area contributed by atoms with Crippen LogP contribution in [0.25, 0.3) is 0 Å². The fourth-order valence-corrected chi connectivity index (χ4v) is 2.39. The van der Waals surface area contributed by atoms with Crippen LogP contribution in [-0.2, 0) is 11.3 Å². The molecule has 1 aliphatic carbocycles. The molecule has 1 aromatic heterocycles. The lowest BCUT2D eigenvalue weighted by Crippen LogP contribution is -2.39. The molecule has 1 saturated carbocycles. The number of rotatable bonds is 3. The van der Waals surface area contributed by atoms with Gasteiger partial charge in [0.2, 0.25) is 5.91 Å². The third-order valence-corrected chi connectivity index (χ3v) is 3.39. The van der Waals surface area contributed by atoms with E-state index in [0.29, 0.717) is 6.54 Å². The van der Waals surface area contributed by atoms with Crippen molar-refractivity contribution in [1.29, 1.82) is 0 Å². The number of aromatic nitrogens is 1. The Balaban J connectivity index is 1.96. The summed E-state index contributed by atoms with van der Waals surface area (Å²) in [6.07, 6.45) is 4.70. The Morgan fingerprint density at radius 1 is 1.53 bits per heavy atom. The summed E-state index contributed by atoms with van der Waals surface area (Å²) < 4.78 is 0. The third kappa shape index (κ3) is 2.82. The average molecular weight is 233 g/mol. The van der Waals surface area contributed by atoms with Crippen molar-refractivity contribution in [2.75, 3.05) is 7.05 Å². The zero-order valence-electron chi connectivity index (χ0n) is 10.2. The number of nitrogens with two attached hydrogens (primary N) is 1. The largest absolute Gasteiger partial charge is 0.340 e. The molecule has 2 N–H and O–H groups in total. The van der Waals surface area contributed by atoms with Gasteiger partial charge in [-0.1, -0.05) is 12.5 Å². The SMILES string of the molecule is CN(Cc1ccccn1)C(=O)C1CCCC1N. The fourth-order valence-electron chi connectivity index (χ4n) is 2.39. The molecule has 1 aromatic rings. The van der Waals surface area contributed by atoms with Crippen LogP contribution in [0.3, 0.4) is 0 Å². The predicted molar refractivity (Wildman–Crippen MR) is 66.0 cm³/mol. The van der Waals surface area contributed by atoms with Crippen molar-refractivity contribution in [3.05, 3.63) is 30.1 Å². The van der Waals surface area contributed by atoms with Crippen LogP contribution in [0, 0.1) is 5.92 Å². The molecule has 2 rings (SSSR count). The summed E-state index contributed by atoms with van der Waals surface area (Å²) in [6.45, 7) is 0.558. The molecule has 1 aliphatic rings. The van der Waals surface area contributed by atoms with Gasteiger partial charge in [-0.05, 0) is 25.0 Å². The quantitative estimate of drug-likeness (QED) is 0.852. The first kappa shape index (κ1) is 12.0. The van der Waals surface area contributed by atoms with Crippen molar-refractivity contribution < 1.29 is 4.79 Å². The Labute approximate surface area is 102 Å². The highest BCUT2D eigenvalue weighted by atomic mass is 16.2. The molecule has 0 aliphatic heterocycles. The van der Waals surface area contributed by atoms with Crippen LogP contribution >= 0.6 is 0 Å². The van der Waals surface area contributed by atoms with Gasteiger partial charge in [0.1, 0.15) is 0 Å². The minimum absolute atomic E-state index is 0.00344. The summed E-state index contributed by atoms with van der Waals surface area (Å²) in [5.74, 6) is 0.157. The molecule has 0 bridgehead atoms. The van der Waals surface area contributed by atoms with Crippen molar-refractivity contribution in [3.63, 3.8) is 0 Å². The van der Waals surface area contributed by atoms with Crippen molar-refractivity contribution in [1.82, 2.24) is 9.88 Å². The van der Waals surface area contributed by atoms with Gasteiger partial charge >= 0.3 is 0 Å². The van der Waals surface area contributed by atoms with E-state index in [0.717, 1.165) is 25.0 Å². The number of pyridine rings is 1. The molecule has 0 aromatic carbocycles. The van der Waals surface area contributed by atoms with Crippen LogP contribution in [0.2, 0.25) is 0 Å². The van der Waals surface area contributed by atoms with E-state index in [4.69, 9.17) is 5.73 Å². The lowest BCUT2D eigenvalue weighted by molar-refractivity contribution is -0.134. The standard InChI is InChI=1S/C13H19N3O/c1-16(9-10-5-2-3-8-15-10)13(17)11-6-4-7-12(11)14/h2-3,5,8,11-12H,4,6-7,9,14H2,1H3. The maximum absolute atomic E-state index is 12.2. The van der Waals surface area contributed by atoms with Crippen LogP contribution in [-0.4, -0.2) is 28.9 Å². The Bertz CT molecular complexity index is 380. The number of carbonyl (C=O) groups is 1. The van der Waals surface area contributed by atoms with E-state index in [1.807, 2.05) is 25.2 Å². The van der Waals surface area contributed by atoms with E-state index >= 15 is 0 Å². The van der Waals surface area contributed by atoms with E-state index in [1.54, 1.807) is 11.1 Å². The van der Waals surface area contributed by atoms with Gasteiger partial charge in [0.25, 0.3) is 0 Å². The lowest BCUT2D eigenvalue weighted by atomic mass is 10.0. The maximum atomic E-state index is 12.2. The molecule has 92 valence electrons. The van der Waals surface area contributed by atoms with Gasteiger partial charge in [0.05, 0.1) is 18.2 Å². The van der Waals surface area contributed by atoms with Crippen molar-refractivity contribution in [2.24, 2.45) is 11.7 Å². The van der Waals surface area contributed by atoms with E-state index in [2.05, 4.69) is 4.98 Å². The summed E-state index contributed by atoms with van der Waals surface area (Å²) >= 11 is 0. The highest BCUT2D eigenvalue weighted by molar-refractivity contribution is 5.79. The molecule has 2 atom stereocenters. The third-order valence-electron chi connectivity index (χ3n) is 3.39. The van der Waals surface area contributed by atoms with Crippen LogP contribution in [0.5, 0.6) is 0 Å². The van der Waals surface area contributed by atoms with Crippen LogP contribution in [0.1, 0.15) is 25.0 Å². The molecule has 17 heavy (non-hydrogen) atoms. The van der Waals surface area contributed by atoms with Gasteiger partial charge in [0, 0.05) is 19.3 Å². The first-order chi connectivity index (χ1) is 8.18. The van der Waals surface area contributed by atoms with Crippen molar-refractivity contribution >= 4 is 5.91 Å². The van der Waals surface area contributed by atoms with E-state index < -0.39 is 0 Å². The van der Waals surface area contributed by atoms with Gasteiger partial charge in [-0.2, -0.15) is 0 Å². The number of carbonyl (C=O) groups excluding carboxylic acids is 1. The fraction of sp³-hybridized carbons (Fsp3) is 0.538. The molecule has 1 heterocycles. The van der Waals surface area contributed by atoms with Gasteiger partial charge < -0.3 is 10.6 Å². The van der Waals surface area contributed by atoms with Crippen molar-refractivity contribution in [3.8, 4) is 0 Å². The van der Waals surface area contributed by atoms with Gasteiger partial charge in [-0.15, -0.1) is 0 Å². The number of nitrogens with zero attached hydrogens (tertiary/aromatic N) is 2. The minimum atomic E-state index is 0.00344. The lowest BCUT2D eigenvalue weighted by Gasteiger charge is -2.23. The Hall–Kier alpha value is -1.42. The summed E-state index contributed by atoms with van der Waals surface area (Å²) in [5, 5.41) is 0. The normalized spacial score (nSPS) is 23.6. The van der Waals surface area contributed by atoms with Crippen molar-refractivity contribution in [2.45, 2.75) is 31.8 Å². The van der Waals surface area contributed by atoms with E-state index in [1.165, 1.54) is 0 Å². The Morgan fingerprint density at radius 2 is 2.35 bits per heavy atom. The topological polar surface area (TPSA) is 59.2 Å². The molecule has 0 spiro atoms. The molecule has 4 heteroatoms.